The van der Waals surface area contributed by atoms with Gasteiger partial charge in [0.1, 0.15) is 5.75 Å². The van der Waals surface area contributed by atoms with Crippen LogP contribution in [-0.4, -0.2) is 24.6 Å². The van der Waals surface area contributed by atoms with Crippen molar-refractivity contribution in [2.24, 2.45) is 5.92 Å². The molecule has 0 radical (unpaired) electrons. The summed E-state index contributed by atoms with van der Waals surface area (Å²) in [5, 5.41) is 6.20. The Labute approximate surface area is 121 Å². The number of nitrogens with one attached hydrogen (secondary N) is 2. The third kappa shape index (κ3) is 7.14. The van der Waals surface area contributed by atoms with E-state index in [1.54, 1.807) is 0 Å². The van der Waals surface area contributed by atoms with Crippen molar-refractivity contribution >= 4 is 11.6 Å². The van der Waals surface area contributed by atoms with E-state index in [9.17, 15) is 4.79 Å². The molecule has 0 fully saturated rings. The summed E-state index contributed by atoms with van der Waals surface area (Å²) in [4.78, 5) is 11.0. The molecule has 112 valence electrons. The lowest BCUT2D eigenvalue weighted by Gasteiger charge is -2.23. The van der Waals surface area contributed by atoms with Gasteiger partial charge in [0.25, 0.3) is 0 Å². The predicted octanol–water partition coefficient (Wildman–Crippen LogP) is 3.05. The van der Waals surface area contributed by atoms with Gasteiger partial charge in [-0.05, 0) is 32.9 Å². The number of hydrogen-bond donors (Lipinski definition) is 2. The van der Waals surface area contributed by atoms with Crippen LogP contribution in [0.3, 0.4) is 0 Å². The van der Waals surface area contributed by atoms with Crippen LogP contribution in [0.15, 0.2) is 24.3 Å². The topological polar surface area (TPSA) is 50.4 Å². The van der Waals surface area contributed by atoms with Crippen molar-refractivity contribution in [3.63, 3.8) is 0 Å². The number of amides is 1. The first-order valence-electron chi connectivity index (χ1n) is 7.02. The van der Waals surface area contributed by atoms with Gasteiger partial charge in [0.2, 0.25) is 5.91 Å². The first-order valence-corrected chi connectivity index (χ1v) is 7.02. The van der Waals surface area contributed by atoms with Gasteiger partial charge in [-0.1, -0.05) is 13.0 Å². The first kappa shape index (κ1) is 16.5. The average molecular weight is 278 g/mol. The van der Waals surface area contributed by atoms with Crippen LogP contribution in [0.25, 0.3) is 0 Å². The number of benzene rings is 1. The minimum atomic E-state index is -0.0788. The molecular formula is C16H26N2O2. The van der Waals surface area contributed by atoms with Gasteiger partial charge < -0.3 is 15.4 Å². The van der Waals surface area contributed by atoms with Crippen molar-refractivity contribution in [2.45, 2.75) is 40.2 Å². The molecule has 1 amide bonds. The van der Waals surface area contributed by atoms with Crippen molar-refractivity contribution in [3.05, 3.63) is 24.3 Å². The molecule has 0 spiro atoms. The van der Waals surface area contributed by atoms with Gasteiger partial charge in [0.15, 0.2) is 0 Å². The molecule has 1 rings (SSSR count). The summed E-state index contributed by atoms with van der Waals surface area (Å²) >= 11 is 0. The van der Waals surface area contributed by atoms with Gasteiger partial charge in [-0.15, -0.1) is 0 Å². The fraction of sp³-hybridized carbons (Fsp3) is 0.562. The zero-order valence-corrected chi connectivity index (χ0v) is 13.1. The lowest BCUT2D eigenvalue weighted by atomic mass is 10.1. The molecule has 4 heteroatoms. The van der Waals surface area contributed by atoms with E-state index >= 15 is 0 Å². The number of rotatable bonds is 6. The monoisotopic (exact) mass is 278 g/mol. The smallest absolute Gasteiger partial charge is 0.221 e. The van der Waals surface area contributed by atoms with Crippen LogP contribution in [-0.2, 0) is 4.79 Å². The molecule has 0 aromatic heterocycles. The van der Waals surface area contributed by atoms with Crippen molar-refractivity contribution in [3.8, 4) is 5.75 Å². The second kappa shape index (κ2) is 7.29. The fourth-order valence-electron chi connectivity index (χ4n) is 1.64. The highest BCUT2D eigenvalue weighted by Gasteiger charge is 2.11. The SMILES string of the molecule is CC(=O)Nc1cccc(OCC(C)CNC(C)(C)C)c1. The number of carbonyl (C=O) groups is 1. The molecule has 0 aliphatic rings. The van der Waals surface area contributed by atoms with Crippen molar-refractivity contribution < 1.29 is 9.53 Å². The van der Waals surface area contributed by atoms with Gasteiger partial charge in [0, 0.05) is 36.7 Å². The Kier molecular flexibility index (Phi) is 6.02. The minimum absolute atomic E-state index is 0.0788. The van der Waals surface area contributed by atoms with Crippen molar-refractivity contribution in [1.82, 2.24) is 5.32 Å². The summed E-state index contributed by atoms with van der Waals surface area (Å²) < 4.78 is 5.76. The Bertz CT molecular complexity index is 438. The third-order valence-electron chi connectivity index (χ3n) is 2.67. The molecule has 0 aliphatic carbocycles. The number of hydrogen-bond acceptors (Lipinski definition) is 3. The maximum atomic E-state index is 11.0. The highest BCUT2D eigenvalue weighted by atomic mass is 16.5. The van der Waals surface area contributed by atoms with E-state index in [0.29, 0.717) is 12.5 Å². The van der Waals surface area contributed by atoms with E-state index in [0.717, 1.165) is 18.0 Å². The van der Waals surface area contributed by atoms with Gasteiger partial charge in [-0.2, -0.15) is 0 Å². The average Bonchev–Trinajstić information content (AvgIpc) is 2.32. The van der Waals surface area contributed by atoms with E-state index in [2.05, 4.69) is 38.3 Å². The zero-order chi connectivity index (χ0) is 15.2. The second-order valence-corrected chi connectivity index (χ2v) is 6.26. The maximum Gasteiger partial charge on any atom is 0.221 e. The van der Waals surface area contributed by atoms with Crippen molar-refractivity contribution in [2.75, 3.05) is 18.5 Å². The van der Waals surface area contributed by atoms with Crippen LogP contribution in [0, 0.1) is 5.92 Å². The summed E-state index contributed by atoms with van der Waals surface area (Å²) in [6.45, 7) is 11.7. The normalized spacial score (nSPS) is 12.8. The molecule has 1 unspecified atom stereocenters. The van der Waals surface area contributed by atoms with Crippen LogP contribution < -0.4 is 15.4 Å². The molecule has 20 heavy (non-hydrogen) atoms. The van der Waals surface area contributed by atoms with Gasteiger partial charge >= 0.3 is 0 Å². The number of anilines is 1. The lowest BCUT2D eigenvalue weighted by Crippen LogP contribution is -2.39. The summed E-state index contributed by atoms with van der Waals surface area (Å²) in [6.07, 6.45) is 0. The summed E-state index contributed by atoms with van der Waals surface area (Å²) in [5.41, 5.74) is 0.884. The molecule has 1 aromatic carbocycles. The van der Waals surface area contributed by atoms with Crippen LogP contribution in [0.5, 0.6) is 5.75 Å². The van der Waals surface area contributed by atoms with E-state index in [-0.39, 0.29) is 11.4 Å². The summed E-state index contributed by atoms with van der Waals surface area (Å²) in [5.74, 6) is 1.11. The third-order valence-corrected chi connectivity index (χ3v) is 2.67. The predicted molar refractivity (Wildman–Crippen MR) is 83.2 cm³/mol. The molecule has 0 aliphatic heterocycles. The first-order chi connectivity index (χ1) is 9.26. The highest BCUT2D eigenvalue weighted by Crippen LogP contribution is 2.18. The summed E-state index contributed by atoms with van der Waals surface area (Å²) in [6, 6.07) is 7.46. The number of carbonyl (C=O) groups excluding carboxylic acids is 1. The fourth-order valence-corrected chi connectivity index (χ4v) is 1.64. The standard InChI is InChI=1S/C16H26N2O2/c1-12(10-17-16(3,4)5)11-20-15-8-6-7-14(9-15)18-13(2)19/h6-9,12,17H,10-11H2,1-5H3,(H,18,19). The Morgan fingerprint density at radius 2 is 2.05 bits per heavy atom. The molecular weight excluding hydrogens is 252 g/mol. The van der Waals surface area contributed by atoms with E-state index in [1.807, 2.05) is 24.3 Å². The molecule has 0 saturated carbocycles. The van der Waals surface area contributed by atoms with Crippen LogP contribution in [0.4, 0.5) is 5.69 Å². The van der Waals surface area contributed by atoms with Crippen LogP contribution >= 0.6 is 0 Å². The van der Waals surface area contributed by atoms with Gasteiger partial charge in [-0.3, -0.25) is 4.79 Å². The number of ether oxygens (including phenoxy) is 1. The molecule has 0 saturated heterocycles. The Hall–Kier alpha value is -1.55. The zero-order valence-electron chi connectivity index (χ0n) is 13.1. The van der Waals surface area contributed by atoms with Crippen molar-refractivity contribution in [1.29, 1.82) is 0 Å². The Balaban J connectivity index is 2.43. The van der Waals surface area contributed by atoms with E-state index < -0.39 is 0 Å². The summed E-state index contributed by atoms with van der Waals surface area (Å²) in [7, 11) is 0. The Morgan fingerprint density at radius 3 is 2.65 bits per heavy atom. The molecule has 1 atom stereocenters. The highest BCUT2D eigenvalue weighted by molar-refractivity contribution is 5.88. The van der Waals surface area contributed by atoms with Gasteiger partial charge in [0.05, 0.1) is 6.61 Å². The molecule has 4 nitrogen and oxygen atoms in total. The lowest BCUT2D eigenvalue weighted by molar-refractivity contribution is -0.114. The van der Waals surface area contributed by atoms with Crippen LogP contribution in [0.2, 0.25) is 0 Å². The maximum absolute atomic E-state index is 11.0. The van der Waals surface area contributed by atoms with E-state index in [1.165, 1.54) is 6.92 Å². The van der Waals surface area contributed by atoms with Crippen LogP contribution in [0.1, 0.15) is 34.6 Å². The molecule has 1 aromatic rings. The Morgan fingerprint density at radius 1 is 1.35 bits per heavy atom. The quantitative estimate of drug-likeness (QED) is 0.841. The van der Waals surface area contributed by atoms with Gasteiger partial charge in [-0.25, -0.2) is 0 Å². The van der Waals surface area contributed by atoms with E-state index in [4.69, 9.17) is 4.74 Å². The molecule has 0 bridgehead atoms. The second-order valence-electron chi connectivity index (χ2n) is 6.26. The molecule has 2 N–H and O–H groups in total. The molecule has 0 heterocycles. The largest absolute Gasteiger partial charge is 0.493 e. The minimum Gasteiger partial charge on any atom is -0.493 e.